The van der Waals surface area contributed by atoms with Gasteiger partial charge in [-0.2, -0.15) is 0 Å². The van der Waals surface area contributed by atoms with E-state index in [1.54, 1.807) is 0 Å². The fourth-order valence-electron chi connectivity index (χ4n) is 1.10. The van der Waals surface area contributed by atoms with Crippen LogP contribution in [-0.2, 0) is 19.0 Å². The molecule has 1 rings (SSSR count). The molecule has 0 N–H and O–H groups in total. The minimum Gasteiger partial charge on any atom is -0.463 e. The maximum absolute atomic E-state index is 10.6. The zero-order valence-electron chi connectivity index (χ0n) is 8.43. The Morgan fingerprint density at radius 3 is 2.93 bits per heavy atom. The van der Waals surface area contributed by atoms with Gasteiger partial charge in [-0.3, -0.25) is 4.79 Å². The molecular weight excluding hydrogens is 184 g/mol. The Hall–Kier alpha value is -0.610. The summed E-state index contributed by atoms with van der Waals surface area (Å²) in [6.45, 7) is 4.10. The van der Waals surface area contributed by atoms with Crippen LogP contribution in [0.4, 0.5) is 0 Å². The minimum absolute atomic E-state index is 0.208. The summed E-state index contributed by atoms with van der Waals surface area (Å²) in [7, 11) is 0. The van der Waals surface area contributed by atoms with Crippen LogP contribution in [0.25, 0.3) is 0 Å². The van der Waals surface area contributed by atoms with Crippen molar-refractivity contribution in [2.45, 2.75) is 26.2 Å². The van der Waals surface area contributed by atoms with Crippen molar-refractivity contribution in [1.82, 2.24) is 0 Å². The third-order valence-corrected chi connectivity index (χ3v) is 1.68. The summed E-state index contributed by atoms with van der Waals surface area (Å²) in [6, 6.07) is 0. The molecule has 1 aliphatic heterocycles. The topological polar surface area (TPSA) is 44.8 Å². The molecule has 1 heterocycles. The smallest absolute Gasteiger partial charge is 0.302 e. The van der Waals surface area contributed by atoms with Crippen LogP contribution in [0.1, 0.15) is 13.8 Å². The lowest BCUT2D eigenvalue weighted by Crippen LogP contribution is -2.34. The maximum Gasteiger partial charge on any atom is 0.302 e. The molecule has 0 amide bonds. The molecule has 2 atom stereocenters. The second kappa shape index (κ2) is 5.98. The number of hydrogen-bond donors (Lipinski definition) is 0. The average molecular weight is 199 g/mol. The number of carbonyl (C=O) groups excluding carboxylic acids is 1. The van der Waals surface area contributed by atoms with E-state index in [1.807, 2.05) is 26.2 Å². The van der Waals surface area contributed by atoms with Crippen LogP contribution in [0.5, 0.6) is 0 Å². The first-order valence-electron chi connectivity index (χ1n) is 4.64. The molecule has 4 nitrogen and oxygen atoms in total. The molecule has 0 bridgehead atoms. The third kappa shape index (κ3) is 4.07. The first-order valence-corrected chi connectivity index (χ1v) is 4.64. The summed E-state index contributed by atoms with van der Waals surface area (Å²) >= 11 is 0. The average Bonchev–Trinajstić information content (AvgIpc) is 2.16. The second-order valence-electron chi connectivity index (χ2n) is 2.88. The molecule has 3 radical (unpaired) electrons. The lowest BCUT2D eigenvalue weighted by molar-refractivity contribution is -0.168. The maximum atomic E-state index is 10.6. The molecule has 1 saturated heterocycles. The van der Waals surface area contributed by atoms with Gasteiger partial charge in [0.1, 0.15) is 6.61 Å². The number of rotatable bonds is 4. The first-order chi connectivity index (χ1) is 6.72. The van der Waals surface area contributed by atoms with E-state index < -0.39 is 0 Å². The van der Waals surface area contributed by atoms with Gasteiger partial charge in [0.15, 0.2) is 6.29 Å². The molecule has 0 saturated carbocycles. The fourth-order valence-corrected chi connectivity index (χ4v) is 1.10. The van der Waals surface area contributed by atoms with Gasteiger partial charge in [-0.05, 0) is 19.8 Å². The lowest BCUT2D eigenvalue weighted by atomic mass is 10.1. The Morgan fingerprint density at radius 2 is 2.29 bits per heavy atom. The molecule has 79 valence electrons. The van der Waals surface area contributed by atoms with E-state index in [-0.39, 0.29) is 25.0 Å². The number of hydrogen-bond acceptors (Lipinski definition) is 4. The molecule has 0 unspecified atom stereocenters. The van der Waals surface area contributed by atoms with Gasteiger partial charge in [0.25, 0.3) is 0 Å². The zero-order chi connectivity index (χ0) is 10.4. The standard InChI is InChI=1S/C10H15O4/c1-3-12-10-6-4-5-9(14-10)7-13-8(2)11/h4-6,9-10H,3,7H2,1-2H3/t9-,10-/m0/s1. The molecular formula is C10H15O4. The van der Waals surface area contributed by atoms with Gasteiger partial charge < -0.3 is 14.2 Å². The zero-order valence-corrected chi connectivity index (χ0v) is 8.43. The van der Waals surface area contributed by atoms with E-state index in [0.717, 1.165) is 0 Å². The molecule has 0 aromatic rings. The SMILES string of the molecule is CCO[C@@H]1[CH][CH][CH][C@@H](COC(C)=O)O1. The minimum atomic E-state index is -0.328. The molecule has 0 aliphatic carbocycles. The fraction of sp³-hybridized carbons (Fsp3) is 0.600. The number of carbonyl (C=O) groups is 1. The molecule has 1 fully saturated rings. The molecule has 4 heteroatoms. The highest BCUT2D eigenvalue weighted by Crippen LogP contribution is 2.17. The van der Waals surface area contributed by atoms with E-state index in [0.29, 0.717) is 6.61 Å². The molecule has 1 aliphatic rings. The highest BCUT2D eigenvalue weighted by molar-refractivity contribution is 5.65. The Balaban J connectivity index is 2.21. The van der Waals surface area contributed by atoms with Crippen molar-refractivity contribution in [2.75, 3.05) is 13.2 Å². The largest absolute Gasteiger partial charge is 0.463 e. The van der Waals surface area contributed by atoms with Gasteiger partial charge in [0, 0.05) is 20.0 Å². The van der Waals surface area contributed by atoms with Gasteiger partial charge in [-0.25, -0.2) is 0 Å². The van der Waals surface area contributed by atoms with Crippen LogP contribution in [0.2, 0.25) is 0 Å². The van der Waals surface area contributed by atoms with Gasteiger partial charge in [-0.1, -0.05) is 0 Å². The summed E-state index contributed by atoms with van der Waals surface area (Å²) in [5.41, 5.74) is 0. The first kappa shape index (κ1) is 11.5. The van der Waals surface area contributed by atoms with Gasteiger partial charge in [0.2, 0.25) is 0 Å². The van der Waals surface area contributed by atoms with Gasteiger partial charge in [0.05, 0.1) is 6.10 Å². The summed E-state index contributed by atoms with van der Waals surface area (Å²) in [5, 5.41) is 0. The molecule has 14 heavy (non-hydrogen) atoms. The van der Waals surface area contributed by atoms with Gasteiger partial charge in [-0.15, -0.1) is 0 Å². The Labute approximate surface area is 84.5 Å². The van der Waals surface area contributed by atoms with Crippen LogP contribution >= 0.6 is 0 Å². The normalized spacial score (nSPS) is 27.3. The lowest BCUT2D eigenvalue weighted by Gasteiger charge is -2.28. The van der Waals surface area contributed by atoms with E-state index in [4.69, 9.17) is 14.2 Å². The molecule has 0 aromatic heterocycles. The van der Waals surface area contributed by atoms with Crippen LogP contribution in [0.3, 0.4) is 0 Å². The predicted molar refractivity (Wildman–Crippen MR) is 49.8 cm³/mol. The van der Waals surface area contributed by atoms with E-state index in [9.17, 15) is 4.79 Å². The van der Waals surface area contributed by atoms with Crippen molar-refractivity contribution >= 4 is 5.97 Å². The summed E-state index contributed by atoms with van der Waals surface area (Å²) in [4.78, 5) is 10.6. The molecule has 0 spiro atoms. The Morgan fingerprint density at radius 1 is 1.50 bits per heavy atom. The highest BCUT2D eigenvalue weighted by Gasteiger charge is 2.23. The number of ether oxygens (including phenoxy) is 3. The predicted octanol–water partition coefficient (Wildman–Crippen LogP) is 0.924. The third-order valence-electron chi connectivity index (χ3n) is 1.68. The van der Waals surface area contributed by atoms with E-state index in [2.05, 4.69) is 0 Å². The van der Waals surface area contributed by atoms with Crippen molar-refractivity contribution in [3.63, 3.8) is 0 Å². The van der Waals surface area contributed by atoms with E-state index in [1.165, 1.54) is 6.92 Å². The van der Waals surface area contributed by atoms with Crippen LogP contribution in [0, 0.1) is 19.3 Å². The summed E-state index contributed by atoms with van der Waals surface area (Å²) in [5.74, 6) is -0.301. The Bertz CT molecular complexity index is 179. The van der Waals surface area contributed by atoms with Crippen LogP contribution < -0.4 is 0 Å². The van der Waals surface area contributed by atoms with Crippen molar-refractivity contribution in [2.24, 2.45) is 0 Å². The van der Waals surface area contributed by atoms with Crippen molar-refractivity contribution in [1.29, 1.82) is 0 Å². The molecule has 0 aromatic carbocycles. The van der Waals surface area contributed by atoms with Crippen LogP contribution in [0.15, 0.2) is 0 Å². The van der Waals surface area contributed by atoms with Crippen LogP contribution in [-0.4, -0.2) is 31.6 Å². The number of esters is 1. The quantitative estimate of drug-likeness (QED) is 0.632. The second-order valence-corrected chi connectivity index (χ2v) is 2.88. The summed E-state index contributed by atoms with van der Waals surface area (Å²) < 4.78 is 15.5. The monoisotopic (exact) mass is 199 g/mol. The van der Waals surface area contributed by atoms with Crippen molar-refractivity contribution in [3.05, 3.63) is 19.3 Å². The highest BCUT2D eigenvalue weighted by atomic mass is 16.7. The van der Waals surface area contributed by atoms with Gasteiger partial charge >= 0.3 is 5.97 Å². The Kier molecular flexibility index (Phi) is 4.90. The van der Waals surface area contributed by atoms with E-state index >= 15 is 0 Å². The summed E-state index contributed by atoms with van der Waals surface area (Å²) in [6.07, 6.45) is 4.97. The van der Waals surface area contributed by atoms with Crippen molar-refractivity contribution in [3.8, 4) is 0 Å². The van der Waals surface area contributed by atoms with Crippen molar-refractivity contribution < 1.29 is 19.0 Å².